The summed E-state index contributed by atoms with van der Waals surface area (Å²) in [5.41, 5.74) is 3.75. The Balaban J connectivity index is 1.85. The van der Waals surface area contributed by atoms with Crippen molar-refractivity contribution in [2.45, 2.75) is 39.7 Å². The van der Waals surface area contributed by atoms with E-state index in [1.807, 2.05) is 11.7 Å². The first-order valence-electron chi connectivity index (χ1n) is 6.90. The van der Waals surface area contributed by atoms with E-state index in [-0.39, 0.29) is 0 Å². The van der Waals surface area contributed by atoms with Crippen LogP contribution in [0, 0.1) is 19.8 Å². The zero-order valence-corrected chi connectivity index (χ0v) is 12.0. The highest BCUT2D eigenvalue weighted by Crippen LogP contribution is 2.21. The first-order valence-corrected chi connectivity index (χ1v) is 6.90. The van der Waals surface area contributed by atoms with E-state index in [9.17, 15) is 0 Å². The van der Waals surface area contributed by atoms with Crippen molar-refractivity contribution >= 4 is 0 Å². The Morgan fingerprint density at radius 2 is 2.28 bits per heavy atom. The number of rotatable bonds is 5. The lowest BCUT2D eigenvalue weighted by Gasteiger charge is -2.16. The molecule has 102 valence electrons. The molecule has 0 saturated carbocycles. The van der Waals surface area contributed by atoms with Gasteiger partial charge in [0.1, 0.15) is 0 Å². The highest BCUT2D eigenvalue weighted by molar-refractivity contribution is 5.27. The maximum atomic E-state index is 5.40. The van der Waals surface area contributed by atoms with Gasteiger partial charge in [-0.25, -0.2) is 0 Å². The first-order chi connectivity index (χ1) is 8.59. The van der Waals surface area contributed by atoms with Crippen molar-refractivity contribution in [3.63, 3.8) is 0 Å². The molecule has 2 rings (SSSR count). The monoisotopic (exact) mass is 251 g/mol. The fourth-order valence-corrected chi connectivity index (χ4v) is 2.83. The van der Waals surface area contributed by atoms with Crippen LogP contribution in [-0.2, 0) is 11.8 Å². The van der Waals surface area contributed by atoms with E-state index in [0.717, 1.165) is 31.4 Å². The normalized spacial score (nSPS) is 21.4. The molecular formula is C14H25N3O. The molecular weight excluding hydrogens is 226 g/mol. The third-order valence-electron chi connectivity index (χ3n) is 4.03. The van der Waals surface area contributed by atoms with Crippen LogP contribution in [0.2, 0.25) is 0 Å². The fourth-order valence-electron chi connectivity index (χ4n) is 2.83. The zero-order chi connectivity index (χ0) is 13.1. The molecule has 4 heteroatoms. The summed E-state index contributed by atoms with van der Waals surface area (Å²) in [7, 11) is 2.01. The Labute approximate surface area is 110 Å². The molecule has 0 amide bonds. The smallest absolute Gasteiger partial charge is 0.0644 e. The van der Waals surface area contributed by atoms with Crippen LogP contribution in [0.15, 0.2) is 0 Å². The van der Waals surface area contributed by atoms with E-state index in [1.54, 1.807) is 0 Å². The molecule has 0 aliphatic carbocycles. The molecule has 1 aliphatic rings. The minimum absolute atomic E-state index is 0.376. The van der Waals surface area contributed by atoms with Crippen LogP contribution in [0.25, 0.3) is 0 Å². The van der Waals surface area contributed by atoms with Gasteiger partial charge < -0.3 is 10.1 Å². The topological polar surface area (TPSA) is 39.1 Å². The molecule has 2 atom stereocenters. The van der Waals surface area contributed by atoms with E-state index in [0.29, 0.717) is 6.04 Å². The van der Waals surface area contributed by atoms with Gasteiger partial charge in [-0.1, -0.05) is 0 Å². The molecule has 18 heavy (non-hydrogen) atoms. The van der Waals surface area contributed by atoms with E-state index < -0.39 is 0 Å². The molecule has 0 radical (unpaired) electrons. The molecule has 2 unspecified atom stereocenters. The Kier molecular flexibility index (Phi) is 4.40. The van der Waals surface area contributed by atoms with Crippen LogP contribution in [0.5, 0.6) is 0 Å². The number of nitrogens with zero attached hydrogens (tertiary/aromatic N) is 2. The van der Waals surface area contributed by atoms with Crippen LogP contribution >= 0.6 is 0 Å². The van der Waals surface area contributed by atoms with Gasteiger partial charge >= 0.3 is 0 Å². The minimum Gasteiger partial charge on any atom is -0.381 e. The zero-order valence-electron chi connectivity index (χ0n) is 12.0. The number of hydrogen-bond acceptors (Lipinski definition) is 3. The average Bonchev–Trinajstić information content (AvgIpc) is 2.89. The predicted octanol–water partition coefficient (Wildman–Crippen LogP) is 2.11. The molecule has 1 saturated heterocycles. The second-order valence-corrected chi connectivity index (χ2v) is 5.40. The number of aryl methyl sites for hydroxylation is 2. The SMILES string of the molecule is Cc1nn(C)c(C)c1C(C)NCCC1CCOC1. The Hall–Kier alpha value is -0.870. The van der Waals surface area contributed by atoms with Crippen LogP contribution in [-0.4, -0.2) is 29.5 Å². The van der Waals surface area contributed by atoms with Gasteiger partial charge in [0.05, 0.1) is 5.69 Å². The van der Waals surface area contributed by atoms with Crippen molar-refractivity contribution in [1.82, 2.24) is 15.1 Å². The number of nitrogens with one attached hydrogen (secondary N) is 1. The van der Waals surface area contributed by atoms with E-state index in [4.69, 9.17) is 4.74 Å². The molecule has 4 nitrogen and oxygen atoms in total. The summed E-state index contributed by atoms with van der Waals surface area (Å²) < 4.78 is 7.37. The van der Waals surface area contributed by atoms with E-state index in [2.05, 4.69) is 31.2 Å². The molecule has 1 aliphatic heterocycles. The molecule has 1 aromatic rings. The highest BCUT2D eigenvalue weighted by atomic mass is 16.5. The second kappa shape index (κ2) is 5.85. The quantitative estimate of drug-likeness (QED) is 0.871. The van der Waals surface area contributed by atoms with Crippen LogP contribution in [0.3, 0.4) is 0 Å². The van der Waals surface area contributed by atoms with E-state index >= 15 is 0 Å². The van der Waals surface area contributed by atoms with Gasteiger partial charge in [-0.15, -0.1) is 0 Å². The van der Waals surface area contributed by atoms with Gasteiger partial charge in [0.25, 0.3) is 0 Å². The van der Waals surface area contributed by atoms with Crippen molar-refractivity contribution in [3.8, 4) is 0 Å². The third-order valence-corrected chi connectivity index (χ3v) is 4.03. The Morgan fingerprint density at radius 1 is 1.50 bits per heavy atom. The molecule has 0 spiro atoms. The van der Waals surface area contributed by atoms with Crippen LogP contribution in [0.1, 0.15) is 42.8 Å². The second-order valence-electron chi connectivity index (χ2n) is 5.40. The molecule has 0 aromatic carbocycles. The van der Waals surface area contributed by atoms with Gasteiger partial charge in [0, 0.05) is 37.6 Å². The first kappa shape index (κ1) is 13.6. The van der Waals surface area contributed by atoms with Gasteiger partial charge in [0.15, 0.2) is 0 Å². The largest absolute Gasteiger partial charge is 0.381 e. The average molecular weight is 251 g/mol. The lowest BCUT2D eigenvalue weighted by molar-refractivity contribution is 0.184. The van der Waals surface area contributed by atoms with Crippen molar-refractivity contribution in [2.75, 3.05) is 19.8 Å². The standard InChI is InChI=1S/C14H25N3O/c1-10(14-11(2)16-17(4)12(14)3)15-7-5-13-6-8-18-9-13/h10,13,15H,5-9H2,1-4H3. The van der Waals surface area contributed by atoms with E-state index in [1.165, 1.54) is 24.1 Å². The van der Waals surface area contributed by atoms with Crippen molar-refractivity contribution < 1.29 is 4.74 Å². The fraction of sp³-hybridized carbons (Fsp3) is 0.786. The lowest BCUT2D eigenvalue weighted by atomic mass is 10.0. The molecule has 1 fully saturated rings. The van der Waals surface area contributed by atoms with Crippen LogP contribution in [0.4, 0.5) is 0 Å². The highest BCUT2D eigenvalue weighted by Gasteiger charge is 2.18. The van der Waals surface area contributed by atoms with Crippen molar-refractivity contribution in [3.05, 3.63) is 17.0 Å². The number of ether oxygens (including phenoxy) is 1. The maximum Gasteiger partial charge on any atom is 0.0644 e. The predicted molar refractivity (Wildman–Crippen MR) is 72.6 cm³/mol. The van der Waals surface area contributed by atoms with Crippen molar-refractivity contribution in [2.24, 2.45) is 13.0 Å². The summed E-state index contributed by atoms with van der Waals surface area (Å²) in [6.45, 7) is 9.40. The summed E-state index contributed by atoms with van der Waals surface area (Å²) >= 11 is 0. The van der Waals surface area contributed by atoms with Gasteiger partial charge in [-0.2, -0.15) is 5.10 Å². The Bertz CT molecular complexity index is 394. The lowest BCUT2D eigenvalue weighted by Crippen LogP contribution is -2.23. The summed E-state index contributed by atoms with van der Waals surface area (Å²) in [6, 6.07) is 0.376. The summed E-state index contributed by atoms with van der Waals surface area (Å²) in [6.07, 6.45) is 2.43. The molecule has 1 N–H and O–H groups in total. The number of aromatic nitrogens is 2. The minimum atomic E-state index is 0.376. The Morgan fingerprint density at radius 3 is 2.83 bits per heavy atom. The van der Waals surface area contributed by atoms with Gasteiger partial charge in [0.2, 0.25) is 0 Å². The summed E-state index contributed by atoms with van der Waals surface area (Å²) in [5.74, 6) is 0.751. The maximum absolute atomic E-state index is 5.40. The molecule has 0 bridgehead atoms. The van der Waals surface area contributed by atoms with Crippen molar-refractivity contribution in [1.29, 1.82) is 0 Å². The molecule has 1 aromatic heterocycles. The summed E-state index contributed by atoms with van der Waals surface area (Å²) in [4.78, 5) is 0. The third kappa shape index (κ3) is 2.93. The van der Waals surface area contributed by atoms with Gasteiger partial charge in [-0.3, -0.25) is 4.68 Å². The number of hydrogen-bond donors (Lipinski definition) is 1. The molecule has 2 heterocycles. The van der Waals surface area contributed by atoms with Crippen LogP contribution < -0.4 is 5.32 Å². The van der Waals surface area contributed by atoms with Gasteiger partial charge in [-0.05, 0) is 46.1 Å². The summed E-state index contributed by atoms with van der Waals surface area (Å²) in [5, 5.41) is 8.09.